The van der Waals surface area contributed by atoms with Crippen molar-refractivity contribution in [2.24, 2.45) is 0 Å². The topological polar surface area (TPSA) is 42.0 Å². The van der Waals surface area contributed by atoms with Gasteiger partial charge < -0.3 is 5.32 Å². The summed E-state index contributed by atoms with van der Waals surface area (Å²) < 4.78 is 0. The molecule has 0 bridgehead atoms. The molecule has 0 saturated carbocycles. The predicted octanol–water partition coefficient (Wildman–Crippen LogP) is 3.37. The van der Waals surface area contributed by atoms with E-state index in [9.17, 15) is 4.79 Å². The van der Waals surface area contributed by atoms with Gasteiger partial charge in [-0.25, -0.2) is 4.98 Å². The Morgan fingerprint density at radius 1 is 1.47 bits per heavy atom. The van der Waals surface area contributed by atoms with Crippen LogP contribution < -0.4 is 5.32 Å². The molecule has 0 radical (unpaired) electrons. The number of hydrogen-bond donors (Lipinski definition) is 1. The van der Waals surface area contributed by atoms with Crippen molar-refractivity contribution in [3.63, 3.8) is 0 Å². The summed E-state index contributed by atoms with van der Waals surface area (Å²) >= 11 is 7.80. The van der Waals surface area contributed by atoms with Crippen LogP contribution >= 0.6 is 23.4 Å². The summed E-state index contributed by atoms with van der Waals surface area (Å²) in [5, 5.41) is 5.05. The van der Waals surface area contributed by atoms with Crippen molar-refractivity contribution >= 4 is 40.0 Å². The van der Waals surface area contributed by atoms with Crippen molar-refractivity contribution in [3.8, 4) is 0 Å². The largest absolute Gasteiger partial charge is 0.347 e. The predicted molar refractivity (Wildman–Crippen MR) is 82.1 cm³/mol. The van der Waals surface area contributed by atoms with Crippen LogP contribution in [0, 0.1) is 0 Å². The van der Waals surface area contributed by atoms with E-state index in [0.717, 1.165) is 16.5 Å². The summed E-state index contributed by atoms with van der Waals surface area (Å²) in [6.07, 6.45) is 2.01. The molecular weight excluding hydrogens is 280 g/mol. The number of nitrogens with one attached hydrogen (secondary N) is 1. The maximum absolute atomic E-state index is 12.1. The first-order valence-electron chi connectivity index (χ1n) is 5.97. The average Bonchev–Trinajstić information content (AvgIpc) is 2.39. The molecule has 1 N–H and O–H groups in total. The maximum Gasteiger partial charge on any atom is 0.270 e. The highest BCUT2D eigenvalue weighted by Crippen LogP contribution is 2.22. The molecule has 1 aromatic heterocycles. The van der Waals surface area contributed by atoms with Crippen LogP contribution in [-0.4, -0.2) is 28.9 Å². The summed E-state index contributed by atoms with van der Waals surface area (Å²) in [6.45, 7) is 1.97. The standard InChI is InChI=1S/C14H15ClN2OS/c1-9(8-19-2)16-14(18)12-7-10-5-3-4-6-11(10)13(15)17-12/h3-7,9H,8H2,1-2H3,(H,16,18). The minimum absolute atomic E-state index is 0.106. The van der Waals surface area contributed by atoms with Gasteiger partial charge in [-0.2, -0.15) is 11.8 Å². The lowest BCUT2D eigenvalue weighted by atomic mass is 10.1. The van der Waals surface area contributed by atoms with E-state index in [0.29, 0.717) is 10.8 Å². The molecule has 0 fully saturated rings. The number of amides is 1. The van der Waals surface area contributed by atoms with Gasteiger partial charge >= 0.3 is 0 Å². The quantitative estimate of drug-likeness (QED) is 0.879. The van der Waals surface area contributed by atoms with Crippen LogP contribution in [0.25, 0.3) is 10.8 Å². The van der Waals surface area contributed by atoms with Crippen LogP contribution in [0.3, 0.4) is 0 Å². The fraction of sp³-hybridized carbons (Fsp3) is 0.286. The van der Waals surface area contributed by atoms with Crippen LogP contribution in [0.1, 0.15) is 17.4 Å². The average molecular weight is 295 g/mol. The van der Waals surface area contributed by atoms with Crippen LogP contribution in [-0.2, 0) is 0 Å². The van der Waals surface area contributed by atoms with Crippen molar-refractivity contribution in [3.05, 3.63) is 41.2 Å². The molecule has 1 unspecified atom stereocenters. The Labute approximate surface area is 121 Å². The minimum atomic E-state index is -0.186. The second-order valence-electron chi connectivity index (χ2n) is 4.35. The van der Waals surface area contributed by atoms with E-state index >= 15 is 0 Å². The number of fused-ring (bicyclic) bond motifs is 1. The lowest BCUT2D eigenvalue weighted by Crippen LogP contribution is -2.34. The fourth-order valence-corrected chi connectivity index (χ4v) is 2.71. The van der Waals surface area contributed by atoms with Gasteiger partial charge in [-0.15, -0.1) is 0 Å². The van der Waals surface area contributed by atoms with E-state index in [1.54, 1.807) is 17.8 Å². The first-order valence-corrected chi connectivity index (χ1v) is 7.74. The highest BCUT2D eigenvalue weighted by Gasteiger charge is 2.13. The van der Waals surface area contributed by atoms with Crippen LogP contribution in [0.15, 0.2) is 30.3 Å². The van der Waals surface area contributed by atoms with Crippen LogP contribution in [0.4, 0.5) is 0 Å². The molecule has 19 heavy (non-hydrogen) atoms. The normalized spacial score (nSPS) is 12.4. The molecule has 3 nitrogen and oxygen atoms in total. The number of halogens is 1. The fourth-order valence-electron chi connectivity index (χ4n) is 1.86. The maximum atomic E-state index is 12.1. The Kier molecular flexibility index (Phi) is 4.66. The SMILES string of the molecule is CSCC(C)NC(=O)c1cc2ccccc2c(Cl)n1. The lowest BCUT2D eigenvalue weighted by Gasteiger charge is -2.12. The van der Waals surface area contributed by atoms with E-state index < -0.39 is 0 Å². The molecule has 1 heterocycles. The van der Waals surface area contributed by atoms with Crippen molar-refractivity contribution in [1.82, 2.24) is 10.3 Å². The zero-order valence-electron chi connectivity index (χ0n) is 10.8. The lowest BCUT2D eigenvalue weighted by molar-refractivity contribution is 0.0939. The number of thioether (sulfide) groups is 1. The number of benzene rings is 1. The Balaban J connectivity index is 2.28. The first-order chi connectivity index (χ1) is 9.11. The zero-order chi connectivity index (χ0) is 13.8. The van der Waals surface area contributed by atoms with Gasteiger partial charge in [-0.1, -0.05) is 35.9 Å². The van der Waals surface area contributed by atoms with E-state index in [4.69, 9.17) is 11.6 Å². The summed E-state index contributed by atoms with van der Waals surface area (Å²) in [7, 11) is 0. The number of carbonyl (C=O) groups is 1. The Morgan fingerprint density at radius 2 is 2.21 bits per heavy atom. The third-order valence-electron chi connectivity index (χ3n) is 2.72. The Bertz CT molecular complexity index is 603. The van der Waals surface area contributed by atoms with E-state index in [-0.39, 0.29) is 11.9 Å². The second kappa shape index (κ2) is 6.26. The first kappa shape index (κ1) is 14.2. The monoisotopic (exact) mass is 294 g/mol. The highest BCUT2D eigenvalue weighted by molar-refractivity contribution is 7.98. The molecule has 1 aromatic carbocycles. The van der Waals surface area contributed by atoms with Gasteiger partial charge in [0.15, 0.2) is 0 Å². The van der Waals surface area contributed by atoms with Gasteiger partial charge in [0.1, 0.15) is 10.8 Å². The number of aromatic nitrogens is 1. The minimum Gasteiger partial charge on any atom is -0.347 e. The number of carbonyl (C=O) groups excluding carboxylic acids is 1. The van der Waals surface area contributed by atoms with Gasteiger partial charge in [-0.3, -0.25) is 4.79 Å². The smallest absolute Gasteiger partial charge is 0.270 e. The number of hydrogen-bond acceptors (Lipinski definition) is 3. The molecule has 5 heteroatoms. The Morgan fingerprint density at radius 3 is 2.95 bits per heavy atom. The van der Waals surface area contributed by atoms with Gasteiger partial charge in [0, 0.05) is 17.2 Å². The van der Waals surface area contributed by atoms with Gasteiger partial charge in [0.05, 0.1) is 0 Å². The molecule has 0 saturated heterocycles. The third kappa shape index (κ3) is 3.39. The summed E-state index contributed by atoms with van der Waals surface area (Å²) in [5.41, 5.74) is 0.358. The van der Waals surface area contributed by atoms with E-state index in [2.05, 4.69) is 10.3 Å². The molecule has 0 aliphatic rings. The summed E-state index contributed by atoms with van der Waals surface area (Å²) in [4.78, 5) is 16.2. The number of nitrogens with zero attached hydrogens (tertiary/aromatic N) is 1. The van der Waals surface area contributed by atoms with Gasteiger partial charge in [-0.05, 0) is 24.6 Å². The van der Waals surface area contributed by atoms with Crippen molar-refractivity contribution < 1.29 is 4.79 Å². The van der Waals surface area contributed by atoms with Gasteiger partial charge in [0.25, 0.3) is 5.91 Å². The number of pyridine rings is 1. The highest BCUT2D eigenvalue weighted by atomic mass is 35.5. The molecule has 2 rings (SSSR count). The van der Waals surface area contributed by atoms with Crippen molar-refractivity contribution in [2.75, 3.05) is 12.0 Å². The summed E-state index contributed by atoms with van der Waals surface area (Å²) in [6, 6.07) is 9.50. The third-order valence-corrected chi connectivity index (χ3v) is 3.84. The molecule has 0 spiro atoms. The molecule has 2 aromatic rings. The number of rotatable bonds is 4. The summed E-state index contributed by atoms with van der Waals surface area (Å²) in [5.74, 6) is 0.682. The second-order valence-corrected chi connectivity index (χ2v) is 5.62. The van der Waals surface area contributed by atoms with Crippen LogP contribution in [0.5, 0.6) is 0 Å². The molecular formula is C14H15ClN2OS. The molecule has 1 atom stereocenters. The van der Waals surface area contributed by atoms with Crippen molar-refractivity contribution in [1.29, 1.82) is 0 Å². The molecule has 0 aliphatic heterocycles. The Hall–Kier alpha value is -1.26. The van der Waals surface area contributed by atoms with Crippen LogP contribution in [0.2, 0.25) is 5.15 Å². The molecule has 1 amide bonds. The van der Waals surface area contributed by atoms with E-state index in [1.165, 1.54) is 0 Å². The van der Waals surface area contributed by atoms with Gasteiger partial charge in [0.2, 0.25) is 0 Å². The zero-order valence-corrected chi connectivity index (χ0v) is 12.4. The molecule has 100 valence electrons. The van der Waals surface area contributed by atoms with E-state index in [1.807, 2.05) is 37.4 Å². The van der Waals surface area contributed by atoms with Crippen molar-refractivity contribution in [2.45, 2.75) is 13.0 Å². The molecule has 0 aliphatic carbocycles.